The van der Waals surface area contributed by atoms with Gasteiger partial charge in [-0.3, -0.25) is 4.79 Å². The van der Waals surface area contributed by atoms with E-state index < -0.39 is 47.3 Å². The maximum absolute atomic E-state index is 13.4. The molecule has 0 aliphatic carbocycles. The number of fused-ring (bicyclic) bond motifs is 1. The Morgan fingerprint density at radius 3 is 2.13 bits per heavy atom. The van der Waals surface area contributed by atoms with Crippen LogP contribution < -0.4 is 14.8 Å². The van der Waals surface area contributed by atoms with Gasteiger partial charge in [-0.2, -0.15) is 13.2 Å². The molecule has 7 nitrogen and oxygen atoms in total. The highest BCUT2D eigenvalue weighted by Crippen LogP contribution is 2.35. The van der Waals surface area contributed by atoms with E-state index in [1.807, 2.05) is 0 Å². The highest BCUT2D eigenvalue weighted by Gasteiger charge is 2.37. The van der Waals surface area contributed by atoms with Crippen molar-refractivity contribution in [3.05, 3.63) is 65.4 Å². The van der Waals surface area contributed by atoms with Gasteiger partial charge in [0.05, 0.1) is 5.56 Å². The van der Waals surface area contributed by atoms with E-state index in [-0.39, 0.29) is 28.8 Å². The van der Waals surface area contributed by atoms with Crippen molar-refractivity contribution >= 4 is 22.8 Å². The Morgan fingerprint density at radius 2 is 1.59 bits per heavy atom. The van der Waals surface area contributed by atoms with Crippen molar-refractivity contribution < 1.29 is 50.5 Å². The van der Waals surface area contributed by atoms with Gasteiger partial charge in [0.1, 0.15) is 29.6 Å². The first-order chi connectivity index (χ1) is 18.0. The molecule has 1 heterocycles. The molecule has 3 aromatic rings. The lowest BCUT2D eigenvalue weighted by atomic mass is 9.81. The number of hydrogen-bond acceptors (Lipinski definition) is 5. The standard InChI is InChI=1S/C26H24F6N2O5/c1-4-24(2,3)21(23(36)37)34-22(35)17-11-7-15-8-12-18(25(27,28)29)33-19(15)20(17)38-13-14-5-9-16(10-6-14)39-26(30,31)32/h5-12,21H,4,13H2,1-3H3,(H,34,35)(H,36,37). The average molecular weight is 558 g/mol. The molecule has 0 aliphatic rings. The summed E-state index contributed by atoms with van der Waals surface area (Å²) >= 11 is 0. The number of pyridine rings is 1. The fourth-order valence-corrected chi connectivity index (χ4v) is 3.59. The summed E-state index contributed by atoms with van der Waals surface area (Å²) in [5.74, 6) is -3.08. The maximum atomic E-state index is 13.4. The third-order valence-corrected chi connectivity index (χ3v) is 6.11. The number of carbonyl (C=O) groups excluding carboxylic acids is 1. The number of hydrogen-bond donors (Lipinski definition) is 2. The molecule has 210 valence electrons. The summed E-state index contributed by atoms with van der Waals surface area (Å²) in [6.07, 6.45) is -9.32. The number of benzene rings is 2. The maximum Gasteiger partial charge on any atom is 0.573 e. The highest BCUT2D eigenvalue weighted by atomic mass is 19.4. The first-order valence-electron chi connectivity index (χ1n) is 11.5. The second kappa shape index (κ2) is 11.0. The van der Waals surface area contributed by atoms with Gasteiger partial charge in [0.2, 0.25) is 0 Å². The van der Waals surface area contributed by atoms with Crippen LogP contribution in [0.15, 0.2) is 48.5 Å². The van der Waals surface area contributed by atoms with E-state index in [2.05, 4.69) is 15.0 Å². The van der Waals surface area contributed by atoms with Crippen LogP contribution in [0.5, 0.6) is 11.5 Å². The number of carboxylic acid groups (broad SMARTS) is 1. The van der Waals surface area contributed by atoms with Gasteiger partial charge in [0.25, 0.3) is 5.91 Å². The number of halogens is 6. The Labute approximate surface area is 218 Å². The molecular formula is C26H24F6N2O5. The van der Waals surface area contributed by atoms with Gasteiger partial charge in [-0.05, 0) is 41.7 Å². The van der Waals surface area contributed by atoms with Crippen molar-refractivity contribution in [3.8, 4) is 11.5 Å². The molecule has 1 atom stereocenters. The van der Waals surface area contributed by atoms with Crippen molar-refractivity contribution in [1.82, 2.24) is 10.3 Å². The van der Waals surface area contributed by atoms with Gasteiger partial charge >= 0.3 is 18.5 Å². The summed E-state index contributed by atoms with van der Waals surface area (Å²) in [7, 11) is 0. The quantitative estimate of drug-likeness (QED) is 0.297. The van der Waals surface area contributed by atoms with Crippen LogP contribution in [0.4, 0.5) is 26.3 Å². The molecule has 39 heavy (non-hydrogen) atoms. The molecule has 13 heteroatoms. The Hall–Kier alpha value is -4.03. The van der Waals surface area contributed by atoms with E-state index in [1.165, 1.54) is 24.3 Å². The zero-order chi connectivity index (χ0) is 29.2. The molecular weight excluding hydrogens is 534 g/mol. The van der Waals surface area contributed by atoms with Crippen molar-refractivity contribution in [2.45, 2.75) is 52.4 Å². The van der Waals surface area contributed by atoms with Gasteiger partial charge in [-0.1, -0.05) is 45.0 Å². The molecule has 2 N–H and O–H groups in total. The van der Waals surface area contributed by atoms with Crippen LogP contribution in [0.1, 0.15) is 48.8 Å². The van der Waals surface area contributed by atoms with Crippen LogP contribution in [0.3, 0.4) is 0 Å². The summed E-state index contributed by atoms with van der Waals surface area (Å²) < 4.78 is 87.0. The minimum Gasteiger partial charge on any atom is -0.486 e. The number of amides is 1. The van der Waals surface area contributed by atoms with Crippen LogP contribution >= 0.6 is 0 Å². The van der Waals surface area contributed by atoms with E-state index >= 15 is 0 Å². The topological polar surface area (TPSA) is 97.8 Å². The lowest BCUT2D eigenvalue weighted by Crippen LogP contribution is -2.50. The zero-order valence-corrected chi connectivity index (χ0v) is 20.9. The molecule has 0 fully saturated rings. The monoisotopic (exact) mass is 558 g/mol. The van der Waals surface area contributed by atoms with E-state index in [0.29, 0.717) is 12.0 Å². The second-order valence-corrected chi connectivity index (χ2v) is 9.28. The minimum absolute atomic E-state index is 0.201. The summed E-state index contributed by atoms with van der Waals surface area (Å²) in [6.45, 7) is 4.63. The minimum atomic E-state index is -4.90. The first-order valence-corrected chi connectivity index (χ1v) is 11.5. The molecule has 2 aromatic carbocycles. The lowest BCUT2D eigenvalue weighted by molar-refractivity contribution is -0.274. The molecule has 1 unspecified atom stereocenters. The molecule has 0 bridgehead atoms. The summed E-state index contributed by atoms with van der Waals surface area (Å²) in [5.41, 5.74) is -2.40. The normalized spacial score (nSPS) is 13.2. The van der Waals surface area contributed by atoms with E-state index in [9.17, 15) is 41.0 Å². The number of nitrogens with zero attached hydrogens (tertiary/aromatic N) is 1. The summed E-state index contributed by atoms with van der Waals surface area (Å²) in [6, 6.07) is 7.69. The number of aliphatic carboxylic acids is 1. The molecule has 3 rings (SSSR count). The number of carboxylic acids is 1. The second-order valence-electron chi connectivity index (χ2n) is 9.28. The van der Waals surface area contributed by atoms with Gasteiger partial charge in [0, 0.05) is 5.39 Å². The third kappa shape index (κ3) is 7.30. The van der Waals surface area contributed by atoms with Gasteiger partial charge < -0.3 is 19.9 Å². The third-order valence-electron chi connectivity index (χ3n) is 6.11. The van der Waals surface area contributed by atoms with E-state index in [0.717, 1.165) is 24.3 Å². The number of ether oxygens (including phenoxy) is 2. The molecule has 1 aromatic heterocycles. The van der Waals surface area contributed by atoms with E-state index in [4.69, 9.17) is 4.74 Å². The molecule has 0 radical (unpaired) electrons. The largest absolute Gasteiger partial charge is 0.573 e. The number of rotatable bonds is 9. The molecule has 0 spiro atoms. The van der Waals surface area contributed by atoms with Gasteiger partial charge in [0.15, 0.2) is 5.75 Å². The predicted octanol–water partition coefficient (Wildman–Crippen LogP) is 6.35. The number of alkyl halides is 6. The molecule has 0 aliphatic heterocycles. The Morgan fingerprint density at radius 1 is 0.974 bits per heavy atom. The molecule has 0 saturated carbocycles. The van der Waals surface area contributed by atoms with Crippen LogP contribution in [-0.2, 0) is 17.6 Å². The van der Waals surface area contributed by atoms with Gasteiger partial charge in [-0.25, -0.2) is 9.78 Å². The predicted molar refractivity (Wildman–Crippen MR) is 127 cm³/mol. The highest BCUT2D eigenvalue weighted by molar-refractivity contribution is 6.04. The SMILES string of the molecule is CCC(C)(C)C(NC(=O)c1ccc2ccc(C(F)(F)F)nc2c1OCc1ccc(OC(F)(F)F)cc1)C(=O)O. The molecule has 0 saturated heterocycles. The smallest absolute Gasteiger partial charge is 0.486 e. The fourth-order valence-electron chi connectivity index (χ4n) is 3.59. The molecule has 1 amide bonds. The number of carbonyl (C=O) groups is 2. The number of nitrogens with one attached hydrogen (secondary N) is 1. The lowest BCUT2D eigenvalue weighted by Gasteiger charge is -2.31. The Balaban J connectivity index is 2.03. The van der Waals surface area contributed by atoms with Crippen molar-refractivity contribution in [3.63, 3.8) is 0 Å². The zero-order valence-electron chi connectivity index (χ0n) is 20.9. The Kier molecular flexibility index (Phi) is 8.32. The van der Waals surface area contributed by atoms with Crippen LogP contribution in [0, 0.1) is 5.41 Å². The van der Waals surface area contributed by atoms with E-state index in [1.54, 1.807) is 20.8 Å². The fraction of sp³-hybridized carbons (Fsp3) is 0.346. The van der Waals surface area contributed by atoms with Crippen molar-refractivity contribution in [1.29, 1.82) is 0 Å². The first kappa shape index (κ1) is 29.5. The van der Waals surface area contributed by atoms with Crippen LogP contribution in [0.2, 0.25) is 0 Å². The van der Waals surface area contributed by atoms with Crippen molar-refractivity contribution in [2.24, 2.45) is 5.41 Å². The van der Waals surface area contributed by atoms with Gasteiger partial charge in [-0.15, -0.1) is 13.2 Å². The average Bonchev–Trinajstić information content (AvgIpc) is 2.84. The summed E-state index contributed by atoms with van der Waals surface area (Å²) in [4.78, 5) is 28.8. The van der Waals surface area contributed by atoms with Crippen LogP contribution in [-0.4, -0.2) is 34.4 Å². The van der Waals surface area contributed by atoms with Crippen molar-refractivity contribution in [2.75, 3.05) is 0 Å². The van der Waals surface area contributed by atoms with Crippen LogP contribution in [0.25, 0.3) is 10.9 Å². The number of aromatic nitrogens is 1. The Bertz CT molecular complexity index is 1350. The summed E-state index contributed by atoms with van der Waals surface area (Å²) in [5, 5.41) is 12.3.